The zero-order valence-corrected chi connectivity index (χ0v) is 12.8. The summed E-state index contributed by atoms with van der Waals surface area (Å²) in [7, 11) is 0. The summed E-state index contributed by atoms with van der Waals surface area (Å²) >= 11 is 5.31. The summed E-state index contributed by atoms with van der Waals surface area (Å²) in [6.45, 7) is 0. The first-order chi connectivity index (χ1) is 10.7. The van der Waals surface area contributed by atoms with E-state index in [0.29, 0.717) is 16.6 Å². The number of carbonyl (C=O) groups excluding carboxylic acids is 1. The molecule has 1 aromatic heterocycles. The number of amides is 1. The number of nitrogens with zero attached hydrogens (tertiary/aromatic N) is 1. The number of aromatic amines is 1. The van der Waals surface area contributed by atoms with Gasteiger partial charge in [0, 0.05) is 11.9 Å². The molecule has 2 saturated heterocycles. The molecule has 4 rings (SSSR count). The Labute approximate surface area is 133 Å². The number of hydrogen-bond donors (Lipinski definition) is 2. The summed E-state index contributed by atoms with van der Waals surface area (Å²) in [5.74, 6) is -0.114. The van der Waals surface area contributed by atoms with Crippen LogP contribution in [0.4, 0.5) is 0 Å². The van der Waals surface area contributed by atoms with Crippen LogP contribution in [0.1, 0.15) is 29.8 Å². The number of ether oxygens (including phenoxy) is 1. The van der Waals surface area contributed by atoms with Gasteiger partial charge in [0.15, 0.2) is 4.77 Å². The smallest absolute Gasteiger partial charge is 0.270 e. The minimum atomic E-state index is -0.114. The number of para-hydroxylation sites is 1. The summed E-state index contributed by atoms with van der Waals surface area (Å²) in [5, 5.41) is 3.10. The van der Waals surface area contributed by atoms with Crippen LogP contribution in [0, 0.1) is 4.77 Å². The fourth-order valence-electron chi connectivity index (χ4n) is 3.40. The van der Waals surface area contributed by atoms with Crippen molar-refractivity contribution in [2.24, 2.45) is 0 Å². The number of aromatic nitrogens is 2. The van der Waals surface area contributed by atoms with E-state index >= 15 is 0 Å². The lowest BCUT2D eigenvalue weighted by molar-refractivity contribution is 0.0836. The molecule has 114 valence electrons. The van der Waals surface area contributed by atoms with Crippen LogP contribution in [0.5, 0.6) is 0 Å². The normalized spacial score (nSPS) is 26.3. The SMILES string of the molecule is O=C(NC1CC2CCC1O2)c1c[nH]c(=S)n1-c1ccccc1. The molecular weight excluding hydrogens is 298 g/mol. The Hall–Kier alpha value is -1.92. The highest BCUT2D eigenvalue weighted by molar-refractivity contribution is 7.71. The number of nitrogens with one attached hydrogen (secondary N) is 2. The van der Waals surface area contributed by atoms with Crippen LogP contribution in [0.3, 0.4) is 0 Å². The van der Waals surface area contributed by atoms with Gasteiger partial charge in [-0.3, -0.25) is 9.36 Å². The zero-order chi connectivity index (χ0) is 15.1. The molecule has 22 heavy (non-hydrogen) atoms. The summed E-state index contributed by atoms with van der Waals surface area (Å²) in [5.41, 5.74) is 1.40. The number of imidazole rings is 1. The first-order valence-electron chi connectivity index (χ1n) is 7.54. The van der Waals surface area contributed by atoms with Crippen LogP contribution >= 0.6 is 12.2 Å². The minimum absolute atomic E-state index is 0.110. The Kier molecular flexibility index (Phi) is 3.35. The van der Waals surface area contributed by atoms with Crippen LogP contribution in [0.15, 0.2) is 36.5 Å². The topological polar surface area (TPSA) is 59.0 Å². The highest BCUT2D eigenvalue weighted by Gasteiger charge is 2.41. The van der Waals surface area contributed by atoms with Gasteiger partial charge < -0.3 is 15.0 Å². The van der Waals surface area contributed by atoms with Crippen molar-refractivity contribution in [1.82, 2.24) is 14.9 Å². The van der Waals surface area contributed by atoms with Crippen LogP contribution in [0.2, 0.25) is 0 Å². The van der Waals surface area contributed by atoms with Crippen LogP contribution in [-0.4, -0.2) is 33.7 Å². The van der Waals surface area contributed by atoms with Gasteiger partial charge in [-0.05, 0) is 43.6 Å². The summed E-state index contributed by atoms with van der Waals surface area (Å²) < 4.78 is 8.07. The molecule has 2 aliphatic heterocycles. The lowest BCUT2D eigenvalue weighted by atomic mass is 9.95. The van der Waals surface area contributed by atoms with E-state index in [1.165, 1.54) is 0 Å². The van der Waals surface area contributed by atoms with Crippen molar-refractivity contribution in [2.75, 3.05) is 0 Å². The quantitative estimate of drug-likeness (QED) is 0.856. The average molecular weight is 315 g/mol. The summed E-state index contributed by atoms with van der Waals surface area (Å²) in [6, 6.07) is 9.76. The van der Waals surface area contributed by atoms with E-state index in [1.807, 2.05) is 30.3 Å². The number of carbonyl (C=O) groups is 1. The van der Waals surface area contributed by atoms with Crippen molar-refractivity contribution in [3.05, 3.63) is 47.0 Å². The minimum Gasteiger partial charge on any atom is -0.373 e. The summed E-state index contributed by atoms with van der Waals surface area (Å²) in [6.07, 6.45) is 5.21. The predicted molar refractivity (Wildman–Crippen MR) is 84.7 cm³/mol. The van der Waals surface area contributed by atoms with E-state index in [9.17, 15) is 4.79 Å². The van der Waals surface area contributed by atoms with Crippen molar-refractivity contribution in [2.45, 2.75) is 37.5 Å². The van der Waals surface area contributed by atoms with Gasteiger partial charge in [0.05, 0.1) is 18.2 Å². The molecule has 2 aromatic rings. The molecule has 2 aliphatic rings. The third kappa shape index (κ3) is 2.28. The van der Waals surface area contributed by atoms with Crippen molar-refractivity contribution < 1.29 is 9.53 Å². The highest BCUT2D eigenvalue weighted by Crippen LogP contribution is 2.34. The van der Waals surface area contributed by atoms with Crippen LogP contribution < -0.4 is 5.32 Å². The Morgan fingerprint density at radius 2 is 2.14 bits per heavy atom. The van der Waals surface area contributed by atoms with Gasteiger partial charge >= 0.3 is 0 Å². The standard InChI is InChI=1S/C16H17N3O2S/c20-15(18-12-8-11-6-7-14(12)21-11)13-9-17-16(22)19(13)10-4-2-1-3-5-10/h1-5,9,11-12,14H,6-8H2,(H,17,22)(H,18,20). The molecule has 6 heteroatoms. The second kappa shape index (κ2) is 5.37. The van der Waals surface area contributed by atoms with E-state index in [2.05, 4.69) is 10.3 Å². The first-order valence-corrected chi connectivity index (χ1v) is 7.95. The largest absolute Gasteiger partial charge is 0.373 e. The molecule has 3 atom stereocenters. The molecule has 2 bridgehead atoms. The molecule has 2 fully saturated rings. The Morgan fingerprint density at radius 1 is 1.32 bits per heavy atom. The molecule has 0 radical (unpaired) electrons. The summed E-state index contributed by atoms with van der Waals surface area (Å²) in [4.78, 5) is 15.6. The van der Waals surface area contributed by atoms with Crippen LogP contribution in [-0.2, 0) is 4.74 Å². The maximum Gasteiger partial charge on any atom is 0.270 e. The molecule has 5 nitrogen and oxygen atoms in total. The van der Waals surface area contributed by atoms with Crippen molar-refractivity contribution in [3.8, 4) is 5.69 Å². The average Bonchev–Trinajstić information content (AvgIpc) is 3.23. The maximum atomic E-state index is 12.6. The van der Waals surface area contributed by atoms with Gasteiger partial charge in [-0.25, -0.2) is 0 Å². The molecule has 3 heterocycles. The number of fused-ring (bicyclic) bond motifs is 2. The Balaban J connectivity index is 1.60. The fraction of sp³-hybridized carbons (Fsp3) is 0.375. The van der Waals surface area contributed by atoms with E-state index < -0.39 is 0 Å². The van der Waals surface area contributed by atoms with Gasteiger partial charge in [0.2, 0.25) is 0 Å². The Bertz CT molecular complexity index is 752. The molecule has 0 saturated carbocycles. The fourth-order valence-corrected chi connectivity index (χ4v) is 3.66. The predicted octanol–water partition coefficient (Wildman–Crippen LogP) is 2.58. The molecule has 0 aliphatic carbocycles. The van der Waals surface area contributed by atoms with E-state index in [4.69, 9.17) is 17.0 Å². The number of hydrogen-bond acceptors (Lipinski definition) is 3. The van der Waals surface area contributed by atoms with Gasteiger partial charge in [-0.15, -0.1) is 0 Å². The van der Waals surface area contributed by atoms with Crippen molar-refractivity contribution >= 4 is 18.1 Å². The second-order valence-corrected chi connectivity index (χ2v) is 6.23. The Morgan fingerprint density at radius 3 is 2.82 bits per heavy atom. The number of rotatable bonds is 3. The molecule has 1 amide bonds. The highest BCUT2D eigenvalue weighted by atomic mass is 32.1. The lowest BCUT2D eigenvalue weighted by Gasteiger charge is -2.20. The number of H-pyrrole nitrogens is 1. The zero-order valence-electron chi connectivity index (χ0n) is 12.0. The molecule has 1 aromatic carbocycles. The third-order valence-corrected chi connectivity index (χ3v) is 4.75. The molecule has 3 unspecified atom stereocenters. The van der Waals surface area contributed by atoms with E-state index in [0.717, 1.165) is 24.9 Å². The third-order valence-electron chi connectivity index (χ3n) is 4.45. The van der Waals surface area contributed by atoms with Crippen molar-refractivity contribution in [3.63, 3.8) is 0 Å². The number of benzene rings is 1. The lowest BCUT2D eigenvalue weighted by Crippen LogP contribution is -2.41. The van der Waals surface area contributed by atoms with Gasteiger partial charge in [0.1, 0.15) is 5.69 Å². The van der Waals surface area contributed by atoms with Crippen molar-refractivity contribution in [1.29, 1.82) is 0 Å². The maximum absolute atomic E-state index is 12.6. The van der Waals surface area contributed by atoms with Gasteiger partial charge in [0.25, 0.3) is 5.91 Å². The monoisotopic (exact) mass is 315 g/mol. The second-order valence-electron chi connectivity index (χ2n) is 5.84. The molecular formula is C16H17N3O2S. The molecule has 2 N–H and O–H groups in total. The van der Waals surface area contributed by atoms with Gasteiger partial charge in [-0.1, -0.05) is 18.2 Å². The van der Waals surface area contributed by atoms with Gasteiger partial charge in [-0.2, -0.15) is 0 Å². The van der Waals surface area contributed by atoms with E-state index in [1.54, 1.807) is 10.8 Å². The molecule has 0 spiro atoms. The van der Waals surface area contributed by atoms with E-state index in [-0.39, 0.29) is 18.1 Å². The van der Waals surface area contributed by atoms with Crippen LogP contribution in [0.25, 0.3) is 5.69 Å². The first kappa shape index (κ1) is 13.7.